The Hall–Kier alpha value is -3.35. The Morgan fingerprint density at radius 2 is 1.90 bits per heavy atom. The quantitative estimate of drug-likeness (QED) is 0.724. The summed E-state index contributed by atoms with van der Waals surface area (Å²) >= 11 is 0. The molecule has 0 saturated carbocycles. The molecule has 1 aliphatic rings. The van der Waals surface area contributed by atoms with E-state index in [-0.39, 0.29) is 23.4 Å². The lowest BCUT2D eigenvalue weighted by molar-refractivity contribution is -0.126. The molecule has 7 nitrogen and oxygen atoms in total. The molecule has 0 bridgehead atoms. The number of hydrogen-bond acceptors (Lipinski definition) is 3. The van der Waals surface area contributed by atoms with Gasteiger partial charge in [0.1, 0.15) is 0 Å². The van der Waals surface area contributed by atoms with Crippen molar-refractivity contribution in [2.24, 2.45) is 5.92 Å². The molecule has 7 heteroatoms. The third kappa shape index (κ3) is 5.57. The maximum absolute atomic E-state index is 12.6. The average Bonchev–Trinajstić information content (AvgIpc) is 2.72. The van der Waals surface area contributed by atoms with Crippen molar-refractivity contribution in [2.45, 2.75) is 26.3 Å². The Kier molecular flexibility index (Phi) is 6.49. The van der Waals surface area contributed by atoms with Gasteiger partial charge in [-0.3, -0.25) is 4.79 Å². The molecule has 0 spiro atoms. The number of carbonyl (C=O) groups excluding carboxylic acids is 2. The number of nitrogens with one attached hydrogen (secondary N) is 2. The van der Waals surface area contributed by atoms with E-state index >= 15 is 0 Å². The van der Waals surface area contributed by atoms with Gasteiger partial charge in [-0.2, -0.15) is 0 Å². The second-order valence-corrected chi connectivity index (χ2v) is 7.30. The largest absolute Gasteiger partial charge is 0.478 e. The fourth-order valence-electron chi connectivity index (χ4n) is 3.40. The molecular formula is C22H25N3O4. The van der Waals surface area contributed by atoms with Crippen LogP contribution in [0.15, 0.2) is 48.5 Å². The summed E-state index contributed by atoms with van der Waals surface area (Å²) in [7, 11) is 0. The molecule has 1 unspecified atom stereocenters. The number of rotatable bonds is 5. The van der Waals surface area contributed by atoms with Crippen LogP contribution in [0.3, 0.4) is 0 Å². The third-order valence-electron chi connectivity index (χ3n) is 5.02. The van der Waals surface area contributed by atoms with Crippen molar-refractivity contribution >= 4 is 23.6 Å². The van der Waals surface area contributed by atoms with E-state index in [2.05, 4.69) is 10.6 Å². The monoisotopic (exact) mass is 395 g/mol. The van der Waals surface area contributed by atoms with Gasteiger partial charge in [0.25, 0.3) is 0 Å². The summed E-state index contributed by atoms with van der Waals surface area (Å²) in [5.74, 6) is -1.34. The molecular weight excluding hydrogens is 370 g/mol. The molecule has 152 valence electrons. The predicted octanol–water partition coefficient (Wildman–Crippen LogP) is 3.25. The average molecular weight is 395 g/mol. The summed E-state index contributed by atoms with van der Waals surface area (Å²) in [5, 5.41) is 14.7. The normalized spacial score (nSPS) is 16.2. The lowest BCUT2D eigenvalue weighted by Crippen LogP contribution is -2.46. The van der Waals surface area contributed by atoms with E-state index in [0.29, 0.717) is 19.6 Å². The minimum atomic E-state index is -0.980. The maximum Gasteiger partial charge on any atom is 0.335 e. The van der Waals surface area contributed by atoms with E-state index in [1.54, 1.807) is 17.0 Å². The van der Waals surface area contributed by atoms with E-state index in [1.165, 1.54) is 12.1 Å². The maximum atomic E-state index is 12.6. The highest BCUT2D eigenvalue weighted by Crippen LogP contribution is 2.19. The van der Waals surface area contributed by atoms with Crippen molar-refractivity contribution in [2.75, 3.05) is 18.4 Å². The zero-order valence-electron chi connectivity index (χ0n) is 16.4. The first-order valence-electron chi connectivity index (χ1n) is 9.65. The van der Waals surface area contributed by atoms with E-state index < -0.39 is 5.97 Å². The van der Waals surface area contributed by atoms with Crippen LogP contribution in [0.1, 0.15) is 34.3 Å². The first kappa shape index (κ1) is 20.4. The van der Waals surface area contributed by atoms with Crippen LogP contribution in [-0.4, -0.2) is 41.0 Å². The van der Waals surface area contributed by atoms with E-state index in [9.17, 15) is 14.4 Å². The van der Waals surface area contributed by atoms with Crippen LogP contribution in [0.2, 0.25) is 0 Å². The Balaban J connectivity index is 1.52. The zero-order chi connectivity index (χ0) is 20.8. The minimum absolute atomic E-state index is 0.0969. The Morgan fingerprint density at radius 3 is 2.59 bits per heavy atom. The van der Waals surface area contributed by atoms with Gasteiger partial charge in [-0.25, -0.2) is 9.59 Å². The van der Waals surface area contributed by atoms with Gasteiger partial charge in [0.2, 0.25) is 5.91 Å². The van der Waals surface area contributed by atoms with E-state index in [4.69, 9.17) is 5.11 Å². The molecule has 1 fully saturated rings. The van der Waals surface area contributed by atoms with Gasteiger partial charge in [0.15, 0.2) is 0 Å². The Morgan fingerprint density at radius 1 is 1.14 bits per heavy atom. The number of amides is 3. The van der Waals surface area contributed by atoms with Crippen molar-refractivity contribution in [1.29, 1.82) is 0 Å². The number of likely N-dealkylation sites (tertiary alicyclic amines) is 1. The molecule has 0 aromatic heterocycles. The molecule has 29 heavy (non-hydrogen) atoms. The van der Waals surface area contributed by atoms with Crippen molar-refractivity contribution in [3.8, 4) is 0 Å². The summed E-state index contributed by atoms with van der Waals surface area (Å²) in [4.78, 5) is 37.7. The van der Waals surface area contributed by atoms with Crippen LogP contribution in [0.5, 0.6) is 0 Å². The molecule has 3 N–H and O–H groups in total. The Labute approximate surface area is 169 Å². The number of aromatic carboxylic acids is 1. The number of hydrogen-bond donors (Lipinski definition) is 3. The summed E-state index contributed by atoms with van der Waals surface area (Å²) < 4.78 is 0. The molecule has 0 radical (unpaired) electrons. The van der Waals surface area contributed by atoms with E-state index in [0.717, 1.165) is 29.7 Å². The van der Waals surface area contributed by atoms with E-state index in [1.807, 2.05) is 31.2 Å². The highest BCUT2D eigenvalue weighted by Gasteiger charge is 2.28. The summed E-state index contributed by atoms with van der Waals surface area (Å²) in [6.45, 7) is 3.29. The number of anilines is 1. The van der Waals surface area contributed by atoms with Gasteiger partial charge in [0, 0.05) is 25.3 Å². The number of benzene rings is 2. The summed E-state index contributed by atoms with van der Waals surface area (Å²) in [6.07, 6.45) is 1.50. The number of carbonyl (C=O) groups is 3. The van der Waals surface area contributed by atoms with Gasteiger partial charge >= 0.3 is 12.0 Å². The van der Waals surface area contributed by atoms with Crippen LogP contribution in [0.25, 0.3) is 0 Å². The SMILES string of the molecule is Cc1cccc(NC(=O)N2CCCC(C(=O)NCc3ccc(C(=O)O)cc3)C2)c1. The molecule has 2 aromatic carbocycles. The zero-order valence-corrected chi connectivity index (χ0v) is 16.4. The molecule has 1 atom stereocenters. The molecule has 0 aliphatic carbocycles. The molecule has 1 heterocycles. The fourth-order valence-corrected chi connectivity index (χ4v) is 3.40. The molecule has 1 saturated heterocycles. The fraction of sp³-hybridized carbons (Fsp3) is 0.318. The number of nitrogens with zero attached hydrogens (tertiary/aromatic N) is 1. The molecule has 3 rings (SSSR count). The van der Waals surface area contributed by atoms with Crippen molar-refractivity contribution in [3.05, 3.63) is 65.2 Å². The second-order valence-electron chi connectivity index (χ2n) is 7.30. The summed E-state index contributed by atoms with van der Waals surface area (Å²) in [6, 6.07) is 13.8. The van der Waals surface area contributed by atoms with Crippen molar-refractivity contribution < 1.29 is 19.5 Å². The molecule has 2 aromatic rings. The van der Waals surface area contributed by atoms with Crippen molar-refractivity contribution in [3.63, 3.8) is 0 Å². The van der Waals surface area contributed by atoms with Gasteiger partial charge in [0.05, 0.1) is 11.5 Å². The van der Waals surface area contributed by atoms with Gasteiger partial charge in [-0.1, -0.05) is 24.3 Å². The van der Waals surface area contributed by atoms with Gasteiger partial charge in [-0.05, 0) is 55.2 Å². The Bertz CT molecular complexity index is 895. The van der Waals surface area contributed by atoms with Crippen molar-refractivity contribution in [1.82, 2.24) is 10.2 Å². The first-order chi connectivity index (χ1) is 13.9. The molecule has 1 aliphatic heterocycles. The lowest BCUT2D eigenvalue weighted by atomic mass is 9.97. The van der Waals surface area contributed by atoms with Gasteiger partial charge in [-0.15, -0.1) is 0 Å². The van der Waals surface area contributed by atoms with Crippen LogP contribution in [-0.2, 0) is 11.3 Å². The number of urea groups is 1. The number of carboxylic acid groups (broad SMARTS) is 1. The topological polar surface area (TPSA) is 98.7 Å². The van der Waals surface area contributed by atoms with Crippen LogP contribution in [0, 0.1) is 12.8 Å². The molecule has 3 amide bonds. The highest BCUT2D eigenvalue weighted by molar-refractivity contribution is 5.90. The third-order valence-corrected chi connectivity index (χ3v) is 5.02. The van der Waals surface area contributed by atoms with Crippen LogP contribution in [0.4, 0.5) is 10.5 Å². The van der Waals surface area contributed by atoms with Crippen LogP contribution >= 0.6 is 0 Å². The smallest absolute Gasteiger partial charge is 0.335 e. The second kappa shape index (κ2) is 9.23. The number of carboxylic acids is 1. The predicted molar refractivity (Wildman–Crippen MR) is 110 cm³/mol. The number of piperidine rings is 1. The van der Waals surface area contributed by atoms with Crippen LogP contribution < -0.4 is 10.6 Å². The summed E-state index contributed by atoms with van der Waals surface area (Å²) in [5.41, 5.74) is 2.84. The minimum Gasteiger partial charge on any atom is -0.478 e. The standard InChI is InChI=1S/C22H25N3O4/c1-15-4-2-6-19(12-15)24-22(29)25-11-3-5-18(14-25)20(26)23-13-16-7-9-17(10-8-16)21(27)28/h2,4,6-10,12,18H,3,5,11,13-14H2,1H3,(H,23,26)(H,24,29)(H,27,28). The highest BCUT2D eigenvalue weighted by atomic mass is 16.4. The van der Waals surface area contributed by atoms with Gasteiger partial charge < -0.3 is 20.6 Å². The number of aryl methyl sites for hydroxylation is 1. The lowest BCUT2D eigenvalue weighted by Gasteiger charge is -2.32. The first-order valence-corrected chi connectivity index (χ1v) is 9.65.